The molecule has 0 aliphatic carbocycles. The van der Waals surface area contributed by atoms with E-state index in [-0.39, 0.29) is 5.91 Å². The fraction of sp³-hybridized carbons (Fsp3) is 0.300. The van der Waals surface area contributed by atoms with Crippen molar-refractivity contribution >= 4 is 5.91 Å². The van der Waals surface area contributed by atoms with Crippen LogP contribution in [0, 0.1) is 11.3 Å². The molecule has 0 saturated heterocycles. The van der Waals surface area contributed by atoms with Crippen LogP contribution in [0.25, 0.3) is 0 Å². The van der Waals surface area contributed by atoms with E-state index in [4.69, 9.17) is 10.00 Å². The van der Waals surface area contributed by atoms with Gasteiger partial charge in [0.05, 0.1) is 25.3 Å². The van der Waals surface area contributed by atoms with Crippen molar-refractivity contribution in [2.45, 2.75) is 13.0 Å². The first kappa shape index (κ1) is 18.5. The molecule has 0 aliphatic rings. The lowest BCUT2D eigenvalue weighted by Gasteiger charge is -2.16. The summed E-state index contributed by atoms with van der Waals surface area (Å²) in [5, 5.41) is 11.9. The first-order valence-corrected chi connectivity index (χ1v) is 8.18. The highest BCUT2D eigenvalue weighted by atomic mass is 16.5. The van der Waals surface area contributed by atoms with Gasteiger partial charge in [0.15, 0.2) is 0 Å². The second-order valence-corrected chi connectivity index (χ2v) is 5.90. The minimum Gasteiger partial charge on any atom is -0.496 e. The molecule has 0 aliphatic heterocycles. The van der Waals surface area contributed by atoms with E-state index in [9.17, 15) is 4.79 Å². The van der Waals surface area contributed by atoms with Crippen LogP contribution in [0.15, 0.2) is 48.5 Å². The fourth-order valence-electron chi connectivity index (χ4n) is 2.65. The molecular weight excluding hydrogens is 314 g/mol. The lowest BCUT2D eigenvalue weighted by atomic mass is 10.1. The van der Waals surface area contributed by atoms with Gasteiger partial charge >= 0.3 is 0 Å². The number of para-hydroxylation sites is 1. The van der Waals surface area contributed by atoms with Gasteiger partial charge in [0.1, 0.15) is 5.75 Å². The highest BCUT2D eigenvalue weighted by Crippen LogP contribution is 2.17. The van der Waals surface area contributed by atoms with Crippen LogP contribution in [0.3, 0.4) is 0 Å². The molecule has 5 nitrogen and oxygen atoms in total. The largest absolute Gasteiger partial charge is 0.496 e. The summed E-state index contributed by atoms with van der Waals surface area (Å²) in [6.07, 6.45) is 0.726. The van der Waals surface area contributed by atoms with Crippen LogP contribution in [-0.2, 0) is 17.8 Å². The molecule has 2 rings (SSSR count). The Morgan fingerprint density at radius 2 is 2.04 bits per heavy atom. The summed E-state index contributed by atoms with van der Waals surface area (Å²) in [6.45, 7) is 1.50. The van der Waals surface area contributed by atoms with Gasteiger partial charge in [-0.05, 0) is 42.8 Å². The summed E-state index contributed by atoms with van der Waals surface area (Å²) in [5.41, 5.74) is 2.72. The molecule has 130 valence electrons. The topological polar surface area (TPSA) is 65.4 Å². The van der Waals surface area contributed by atoms with E-state index in [1.807, 2.05) is 54.4 Å². The number of ether oxygens (including phenoxy) is 1. The number of nitriles is 1. The van der Waals surface area contributed by atoms with Crippen LogP contribution in [0.5, 0.6) is 5.75 Å². The van der Waals surface area contributed by atoms with Crippen LogP contribution in [0.2, 0.25) is 0 Å². The van der Waals surface area contributed by atoms with E-state index in [0.29, 0.717) is 25.2 Å². The number of amides is 1. The van der Waals surface area contributed by atoms with Crippen molar-refractivity contribution in [3.05, 3.63) is 65.2 Å². The summed E-state index contributed by atoms with van der Waals surface area (Å²) in [6, 6.07) is 17.4. The molecule has 0 aromatic heterocycles. The highest BCUT2D eigenvalue weighted by Gasteiger charge is 2.08. The quantitative estimate of drug-likeness (QED) is 0.803. The number of nitrogens with zero attached hydrogens (tertiary/aromatic N) is 2. The predicted octanol–water partition coefficient (Wildman–Crippen LogP) is 2.36. The predicted molar refractivity (Wildman–Crippen MR) is 97.2 cm³/mol. The smallest absolute Gasteiger partial charge is 0.234 e. The maximum absolute atomic E-state index is 12.1. The lowest BCUT2D eigenvalue weighted by molar-refractivity contribution is -0.122. The van der Waals surface area contributed by atoms with Gasteiger partial charge in [-0.15, -0.1) is 0 Å². The third-order valence-corrected chi connectivity index (χ3v) is 3.83. The van der Waals surface area contributed by atoms with Gasteiger partial charge in [-0.1, -0.05) is 30.3 Å². The second kappa shape index (κ2) is 9.45. The standard InChI is InChI=1S/C20H23N3O2/c1-23(14-17-7-5-6-16(12-17)13-21)15-20(24)22-11-10-18-8-3-4-9-19(18)25-2/h3-9,12H,10-11,14-15H2,1-2H3,(H,22,24). The Kier molecular flexibility index (Phi) is 7.00. The molecule has 0 spiro atoms. The minimum absolute atomic E-state index is 0.0196. The van der Waals surface area contributed by atoms with Crippen LogP contribution in [0.1, 0.15) is 16.7 Å². The molecular formula is C20H23N3O2. The van der Waals surface area contributed by atoms with Crippen LogP contribution in [-0.4, -0.2) is 38.1 Å². The molecule has 1 N–H and O–H groups in total. The third-order valence-electron chi connectivity index (χ3n) is 3.83. The Morgan fingerprint density at radius 3 is 2.80 bits per heavy atom. The minimum atomic E-state index is -0.0196. The number of rotatable bonds is 8. The molecule has 0 heterocycles. The van der Waals surface area contributed by atoms with Crippen molar-refractivity contribution in [2.24, 2.45) is 0 Å². The van der Waals surface area contributed by atoms with Crippen molar-refractivity contribution in [1.82, 2.24) is 10.2 Å². The van der Waals surface area contributed by atoms with E-state index >= 15 is 0 Å². The average molecular weight is 337 g/mol. The second-order valence-electron chi connectivity index (χ2n) is 5.90. The lowest BCUT2D eigenvalue weighted by Crippen LogP contribution is -2.35. The Hall–Kier alpha value is -2.84. The zero-order chi connectivity index (χ0) is 18.1. The average Bonchev–Trinajstić information content (AvgIpc) is 2.62. The van der Waals surface area contributed by atoms with Crippen molar-refractivity contribution in [3.8, 4) is 11.8 Å². The van der Waals surface area contributed by atoms with E-state index in [0.717, 1.165) is 23.3 Å². The zero-order valence-electron chi connectivity index (χ0n) is 14.7. The van der Waals surface area contributed by atoms with Gasteiger partial charge in [-0.25, -0.2) is 0 Å². The SMILES string of the molecule is COc1ccccc1CCNC(=O)CN(C)Cc1cccc(C#N)c1. The van der Waals surface area contributed by atoms with E-state index in [1.54, 1.807) is 13.2 Å². The maximum Gasteiger partial charge on any atom is 0.234 e. The highest BCUT2D eigenvalue weighted by molar-refractivity contribution is 5.78. The van der Waals surface area contributed by atoms with Gasteiger partial charge in [-0.3, -0.25) is 9.69 Å². The van der Waals surface area contributed by atoms with E-state index in [2.05, 4.69) is 11.4 Å². The third kappa shape index (κ3) is 5.94. The van der Waals surface area contributed by atoms with Crippen molar-refractivity contribution in [2.75, 3.05) is 27.2 Å². The first-order valence-electron chi connectivity index (χ1n) is 8.18. The summed E-state index contributed by atoms with van der Waals surface area (Å²) in [4.78, 5) is 14.0. The number of hydrogen-bond donors (Lipinski definition) is 1. The Morgan fingerprint density at radius 1 is 1.24 bits per heavy atom. The van der Waals surface area contributed by atoms with Crippen molar-refractivity contribution in [3.63, 3.8) is 0 Å². The molecule has 2 aromatic rings. The number of carbonyl (C=O) groups is 1. The van der Waals surface area contributed by atoms with E-state index < -0.39 is 0 Å². The summed E-state index contributed by atoms with van der Waals surface area (Å²) in [7, 11) is 3.53. The molecule has 0 bridgehead atoms. The monoisotopic (exact) mass is 337 g/mol. The maximum atomic E-state index is 12.1. The number of hydrogen-bond acceptors (Lipinski definition) is 4. The molecule has 25 heavy (non-hydrogen) atoms. The van der Waals surface area contributed by atoms with Crippen molar-refractivity contribution in [1.29, 1.82) is 5.26 Å². The van der Waals surface area contributed by atoms with E-state index in [1.165, 1.54) is 0 Å². The number of likely N-dealkylation sites (N-methyl/N-ethyl adjacent to an activating group) is 1. The Bertz CT molecular complexity index is 753. The molecule has 0 unspecified atom stereocenters. The molecule has 5 heteroatoms. The number of carbonyl (C=O) groups excluding carboxylic acids is 1. The molecule has 0 atom stereocenters. The van der Waals surface area contributed by atoms with Gasteiger partial charge in [0, 0.05) is 13.1 Å². The van der Waals surface area contributed by atoms with Gasteiger partial charge < -0.3 is 10.1 Å². The molecule has 0 radical (unpaired) electrons. The summed E-state index contributed by atoms with van der Waals surface area (Å²) in [5.74, 6) is 0.820. The number of benzene rings is 2. The Labute approximate surface area is 148 Å². The summed E-state index contributed by atoms with van der Waals surface area (Å²) >= 11 is 0. The summed E-state index contributed by atoms with van der Waals surface area (Å²) < 4.78 is 5.31. The Balaban J connectivity index is 1.77. The normalized spacial score (nSPS) is 10.3. The number of methoxy groups -OCH3 is 1. The van der Waals surface area contributed by atoms with Gasteiger partial charge in [0.2, 0.25) is 5.91 Å². The molecule has 2 aromatic carbocycles. The van der Waals surface area contributed by atoms with Gasteiger partial charge in [-0.2, -0.15) is 5.26 Å². The molecule has 1 amide bonds. The molecule has 0 saturated carbocycles. The first-order chi connectivity index (χ1) is 12.1. The molecule has 0 fully saturated rings. The van der Waals surface area contributed by atoms with Crippen LogP contribution in [0.4, 0.5) is 0 Å². The zero-order valence-corrected chi connectivity index (χ0v) is 14.7. The fourth-order valence-corrected chi connectivity index (χ4v) is 2.65. The van der Waals surface area contributed by atoms with Crippen LogP contribution < -0.4 is 10.1 Å². The van der Waals surface area contributed by atoms with Crippen LogP contribution >= 0.6 is 0 Å². The van der Waals surface area contributed by atoms with Gasteiger partial charge in [0.25, 0.3) is 0 Å². The van der Waals surface area contributed by atoms with Crippen molar-refractivity contribution < 1.29 is 9.53 Å². The number of nitrogens with one attached hydrogen (secondary N) is 1.